The summed E-state index contributed by atoms with van der Waals surface area (Å²) >= 11 is 0. The lowest BCUT2D eigenvalue weighted by Crippen LogP contribution is -2.27. The van der Waals surface area contributed by atoms with Gasteiger partial charge >= 0.3 is 0 Å². The third-order valence-electron chi connectivity index (χ3n) is 3.85. The predicted octanol–water partition coefficient (Wildman–Crippen LogP) is 2.86. The van der Waals surface area contributed by atoms with Crippen LogP contribution in [-0.2, 0) is 0 Å². The van der Waals surface area contributed by atoms with E-state index in [1.165, 1.54) is 0 Å². The number of aryl methyl sites for hydroxylation is 1. The maximum atomic E-state index is 12.9. The van der Waals surface area contributed by atoms with Gasteiger partial charge in [-0.1, -0.05) is 25.1 Å². The van der Waals surface area contributed by atoms with E-state index in [1.807, 2.05) is 48.7 Å². The van der Waals surface area contributed by atoms with E-state index in [0.717, 1.165) is 12.1 Å². The fraction of sp³-hybridized carbons (Fsp3) is 0.312. The van der Waals surface area contributed by atoms with Crippen LogP contribution in [-0.4, -0.2) is 19.1 Å². The summed E-state index contributed by atoms with van der Waals surface area (Å²) < 4.78 is 3.56. The zero-order valence-corrected chi connectivity index (χ0v) is 12.4. The first kappa shape index (κ1) is 13.5. The lowest BCUT2D eigenvalue weighted by Gasteiger charge is -2.16. The molecule has 1 atom stereocenters. The molecule has 0 aliphatic rings. The number of nitrogens with zero attached hydrogens (tertiary/aromatic N) is 4. The largest absolute Gasteiger partial charge is 0.293 e. The Morgan fingerprint density at radius 3 is 2.62 bits per heavy atom. The molecule has 2 heterocycles. The molecule has 0 fully saturated rings. The average molecular weight is 282 g/mol. The van der Waals surface area contributed by atoms with Crippen molar-refractivity contribution in [2.24, 2.45) is 0 Å². The lowest BCUT2D eigenvalue weighted by atomic mass is 10.2. The van der Waals surface area contributed by atoms with Crippen LogP contribution in [0.5, 0.6) is 0 Å². The molecule has 21 heavy (non-hydrogen) atoms. The predicted molar refractivity (Wildman–Crippen MR) is 82.9 cm³/mol. The first-order valence-corrected chi connectivity index (χ1v) is 7.15. The Kier molecular flexibility index (Phi) is 3.33. The molecule has 0 amide bonds. The van der Waals surface area contributed by atoms with Crippen LogP contribution < -0.4 is 5.56 Å². The SMILES string of the molecule is CC[C@@H](C)n1c(C)nc2ncn(-c3ccccc3)c2c1=O. The number of hydrogen-bond acceptors (Lipinski definition) is 3. The number of aromatic nitrogens is 4. The van der Waals surface area contributed by atoms with Crippen molar-refractivity contribution in [1.82, 2.24) is 19.1 Å². The maximum absolute atomic E-state index is 12.9. The molecule has 0 unspecified atom stereocenters. The van der Waals surface area contributed by atoms with E-state index in [0.29, 0.717) is 17.0 Å². The van der Waals surface area contributed by atoms with Crippen molar-refractivity contribution in [3.63, 3.8) is 0 Å². The van der Waals surface area contributed by atoms with E-state index < -0.39 is 0 Å². The van der Waals surface area contributed by atoms with Gasteiger partial charge in [0.1, 0.15) is 12.2 Å². The Balaban J connectivity index is 2.33. The summed E-state index contributed by atoms with van der Waals surface area (Å²) in [5, 5.41) is 0. The van der Waals surface area contributed by atoms with Gasteiger partial charge in [0.2, 0.25) is 0 Å². The third kappa shape index (κ3) is 2.14. The Bertz CT molecular complexity index is 833. The highest BCUT2D eigenvalue weighted by atomic mass is 16.1. The van der Waals surface area contributed by atoms with E-state index in [4.69, 9.17) is 0 Å². The fourth-order valence-corrected chi connectivity index (χ4v) is 2.57. The van der Waals surface area contributed by atoms with Crippen LogP contribution >= 0.6 is 0 Å². The van der Waals surface area contributed by atoms with Crippen LogP contribution in [0.15, 0.2) is 41.5 Å². The Labute approximate surface area is 122 Å². The second-order valence-corrected chi connectivity index (χ2v) is 5.21. The molecular formula is C16H18N4O. The van der Waals surface area contributed by atoms with E-state index >= 15 is 0 Å². The molecule has 0 saturated heterocycles. The Morgan fingerprint density at radius 2 is 1.95 bits per heavy atom. The van der Waals surface area contributed by atoms with E-state index in [-0.39, 0.29) is 11.6 Å². The molecule has 3 rings (SSSR count). The van der Waals surface area contributed by atoms with E-state index in [9.17, 15) is 4.79 Å². The standard InChI is InChI=1S/C16H18N4O/c1-4-11(2)20-12(3)18-15-14(16(20)21)19(10-17-15)13-8-6-5-7-9-13/h5-11H,4H2,1-3H3/t11-/m1/s1. The minimum atomic E-state index is -0.0341. The van der Waals surface area contributed by atoms with Gasteiger partial charge in [-0.2, -0.15) is 0 Å². The fourth-order valence-electron chi connectivity index (χ4n) is 2.57. The second kappa shape index (κ2) is 5.16. The van der Waals surface area contributed by atoms with Crippen LogP contribution in [0.2, 0.25) is 0 Å². The number of imidazole rings is 1. The van der Waals surface area contributed by atoms with Gasteiger partial charge < -0.3 is 0 Å². The summed E-state index contributed by atoms with van der Waals surface area (Å²) in [6.45, 7) is 5.95. The molecule has 0 bridgehead atoms. The first-order valence-electron chi connectivity index (χ1n) is 7.15. The van der Waals surface area contributed by atoms with Crippen LogP contribution in [0, 0.1) is 6.92 Å². The van der Waals surface area contributed by atoms with Crippen molar-refractivity contribution < 1.29 is 0 Å². The zero-order valence-electron chi connectivity index (χ0n) is 12.4. The molecule has 0 N–H and O–H groups in total. The van der Waals surface area contributed by atoms with Gasteiger partial charge in [0, 0.05) is 11.7 Å². The van der Waals surface area contributed by atoms with E-state index in [1.54, 1.807) is 10.9 Å². The number of fused-ring (bicyclic) bond motifs is 1. The van der Waals surface area contributed by atoms with E-state index in [2.05, 4.69) is 16.9 Å². The summed E-state index contributed by atoms with van der Waals surface area (Å²) in [4.78, 5) is 21.6. The van der Waals surface area contributed by atoms with Crippen molar-refractivity contribution >= 4 is 11.2 Å². The number of para-hydroxylation sites is 1. The van der Waals surface area contributed by atoms with Crippen LogP contribution in [0.25, 0.3) is 16.9 Å². The minimum absolute atomic E-state index is 0.0341. The molecule has 5 nitrogen and oxygen atoms in total. The smallest absolute Gasteiger partial charge is 0.280 e. The Hall–Kier alpha value is -2.43. The van der Waals surface area contributed by atoms with Crippen LogP contribution in [0.1, 0.15) is 32.1 Å². The summed E-state index contributed by atoms with van der Waals surface area (Å²) in [5.41, 5.74) is 1.92. The quantitative estimate of drug-likeness (QED) is 0.742. The molecule has 3 aromatic rings. The minimum Gasteiger partial charge on any atom is -0.293 e. The highest BCUT2D eigenvalue weighted by molar-refractivity contribution is 5.72. The molecular weight excluding hydrogens is 264 g/mol. The lowest BCUT2D eigenvalue weighted by molar-refractivity contribution is 0.496. The Morgan fingerprint density at radius 1 is 1.24 bits per heavy atom. The number of hydrogen-bond donors (Lipinski definition) is 0. The molecule has 0 aliphatic carbocycles. The van der Waals surface area contributed by atoms with Crippen LogP contribution in [0.3, 0.4) is 0 Å². The monoisotopic (exact) mass is 282 g/mol. The van der Waals surface area contributed by atoms with Gasteiger partial charge in [-0.15, -0.1) is 0 Å². The number of rotatable bonds is 3. The van der Waals surface area contributed by atoms with Crippen molar-refractivity contribution in [3.05, 3.63) is 52.8 Å². The molecule has 2 aromatic heterocycles. The van der Waals surface area contributed by atoms with Crippen molar-refractivity contribution in [2.45, 2.75) is 33.2 Å². The normalized spacial score (nSPS) is 12.7. The van der Waals surface area contributed by atoms with Crippen molar-refractivity contribution in [2.75, 3.05) is 0 Å². The molecule has 0 saturated carbocycles. The topological polar surface area (TPSA) is 52.7 Å². The molecule has 0 spiro atoms. The number of benzene rings is 1. The summed E-state index contributed by atoms with van der Waals surface area (Å²) in [7, 11) is 0. The molecule has 108 valence electrons. The molecule has 0 aliphatic heterocycles. The van der Waals surface area contributed by atoms with Gasteiger partial charge in [0.25, 0.3) is 5.56 Å². The molecule has 5 heteroatoms. The van der Waals surface area contributed by atoms with Gasteiger partial charge in [0.15, 0.2) is 11.2 Å². The summed E-state index contributed by atoms with van der Waals surface area (Å²) in [6, 6.07) is 9.85. The first-order chi connectivity index (χ1) is 10.1. The second-order valence-electron chi connectivity index (χ2n) is 5.21. The maximum Gasteiger partial charge on any atom is 0.280 e. The van der Waals surface area contributed by atoms with Gasteiger partial charge in [-0.3, -0.25) is 13.9 Å². The highest BCUT2D eigenvalue weighted by Crippen LogP contribution is 2.16. The van der Waals surface area contributed by atoms with Gasteiger partial charge in [-0.25, -0.2) is 9.97 Å². The van der Waals surface area contributed by atoms with Gasteiger partial charge in [0.05, 0.1) is 0 Å². The molecule has 1 aromatic carbocycles. The average Bonchev–Trinajstić information content (AvgIpc) is 2.91. The van der Waals surface area contributed by atoms with Crippen molar-refractivity contribution in [1.29, 1.82) is 0 Å². The zero-order chi connectivity index (χ0) is 15.0. The highest BCUT2D eigenvalue weighted by Gasteiger charge is 2.17. The summed E-state index contributed by atoms with van der Waals surface area (Å²) in [5.74, 6) is 0.708. The van der Waals surface area contributed by atoms with Gasteiger partial charge in [-0.05, 0) is 32.4 Å². The summed E-state index contributed by atoms with van der Waals surface area (Å²) in [6.07, 6.45) is 2.54. The van der Waals surface area contributed by atoms with Crippen molar-refractivity contribution in [3.8, 4) is 5.69 Å². The van der Waals surface area contributed by atoms with Crippen LogP contribution in [0.4, 0.5) is 0 Å². The third-order valence-corrected chi connectivity index (χ3v) is 3.85. The molecule has 0 radical (unpaired) electrons.